The Kier molecular flexibility index (Phi) is 4.66. The standard InChI is InChI=1S/C20H18F6N2/c21-19(22,23)15-5-1-13(2-6-15)17-18(28-11-9-27(17)10-12-28)14-3-7-16(8-4-14)20(24,25)26/h1-8,17-18H,9-12H2. The molecule has 0 spiro atoms. The molecule has 0 saturated carbocycles. The minimum atomic E-state index is -4.40. The lowest BCUT2D eigenvalue weighted by atomic mass is 9.86. The number of piperazine rings is 3. The Bertz CT molecular complexity index is 746. The molecular formula is C20H18F6N2. The van der Waals surface area contributed by atoms with Crippen molar-refractivity contribution in [2.75, 3.05) is 26.2 Å². The van der Waals surface area contributed by atoms with Crippen LogP contribution in [-0.2, 0) is 12.4 Å². The Morgan fingerprint density at radius 1 is 0.536 bits per heavy atom. The third kappa shape index (κ3) is 3.51. The lowest BCUT2D eigenvalue weighted by molar-refractivity contribution is -0.138. The highest BCUT2D eigenvalue weighted by Crippen LogP contribution is 2.45. The summed E-state index contributed by atoms with van der Waals surface area (Å²) in [5.41, 5.74) is 0.0572. The Hall–Kier alpha value is -2.06. The molecule has 3 aliphatic heterocycles. The highest BCUT2D eigenvalue weighted by atomic mass is 19.4. The van der Waals surface area contributed by atoms with Gasteiger partial charge < -0.3 is 0 Å². The first-order valence-electron chi connectivity index (χ1n) is 8.97. The fourth-order valence-electron chi connectivity index (χ4n) is 4.22. The Labute approximate surface area is 158 Å². The summed E-state index contributed by atoms with van der Waals surface area (Å²) in [7, 11) is 0. The van der Waals surface area contributed by atoms with Crippen LogP contribution in [0.3, 0.4) is 0 Å². The second-order valence-corrected chi connectivity index (χ2v) is 7.20. The van der Waals surface area contributed by atoms with Crippen molar-refractivity contribution in [2.24, 2.45) is 0 Å². The molecule has 3 aliphatic rings. The van der Waals surface area contributed by atoms with Crippen LogP contribution in [0, 0.1) is 0 Å². The van der Waals surface area contributed by atoms with Gasteiger partial charge in [-0.1, -0.05) is 24.3 Å². The number of hydrogen-bond acceptors (Lipinski definition) is 2. The van der Waals surface area contributed by atoms with Gasteiger partial charge in [-0.3, -0.25) is 9.80 Å². The molecule has 5 rings (SSSR count). The summed E-state index contributed by atoms with van der Waals surface area (Å²) < 4.78 is 77.3. The fourth-order valence-corrected chi connectivity index (χ4v) is 4.22. The molecule has 0 amide bonds. The number of benzene rings is 2. The average molecular weight is 400 g/mol. The molecule has 150 valence electrons. The molecule has 0 radical (unpaired) electrons. The van der Waals surface area contributed by atoms with E-state index in [9.17, 15) is 26.3 Å². The van der Waals surface area contributed by atoms with Crippen LogP contribution in [0.25, 0.3) is 0 Å². The van der Waals surface area contributed by atoms with Gasteiger partial charge in [-0.05, 0) is 35.4 Å². The maximum Gasteiger partial charge on any atom is 0.416 e. The highest BCUT2D eigenvalue weighted by molar-refractivity contribution is 5.34. The van der Waals surface area contributed by atoms with E-state index in [0.29, 0.717) is 0 Å². The summed E-state index contributed by atoms with van der Waals surface area (Å²) in [5.74, 6) is 0. The van der Waals surface area contributed by atoms with E-state index in [1.807, 2.05) is 0 Å². The molecule has 3 fully saturated rings. The van der Waals surface area contributed by atoms with Gasteiger partial charge in [-0.25, -0.2) is 0 Å². The molecule has 0 aliphatic carbocycles. The summed E-state index contributed by atoms with van der Waals surface area (Å²) in [4.78, 5) is 4.40. The van der Waals surface area contributed by atoms with Gasteiger partial charge in [0.05, 0.1) is 23.2 Å². The van der Waals surface area contributed by atoms with Crippen molar-refractivity contribution < 1.29 is 26.3 Å². The second kappa shape index (κ2) is 6.77. The van der Waals surface area contributed by atoms with Crippen LogP contribution in [0.1, 0.15) is 34.3 Å². The minimum absolute atomic E-state index is 0.193. The number of hydrogen-bond donors (Lipinski definition) is 0. The van der Waals surface area contributed by atoms with Crippen LogP contribution in [0.2, 0.25) is 0 Å². The minimum Gasteiger partial charge on any atom is -0.292 e. The summed E-state index contributed by atoms with van der Waals surface area (Å²) in [6.45, 7) is 3.12. The van der Waals surface area contributed by atoms with E-state index in [1.54, 1.807) is 0 Å². The molecule has 2 bridgehead atoms. The molecular weight excluding hydrogens is 382 g/mol. The molecule has 8 heteroatoms. The lowest BCUT2D eigenvalue weighted by Crippen LogP contribution is -2.58. The SMILES string of the molecule is FC(F)(F)c1ccc(C2C(c3ccc(C(F)(F)F)cc3)N3CCN2CC3)cc1. The van der Waals surface area contributed by atoms with Crippen molar-refractivity contribution in [1.82, 2.24) is 9.80 Å². The average Bonchev–Trinajstić information content (AvgIpc) is 2.67. The van der Waals surface area contributed by atoms with Gasteiger partial charge in [0.25, 0.3) is 0 Å². The van der Waals surface area contributed by atoms with E-state index in [-0.39, 0.29) is 12.1 Å². The highest BCUT2D eigenvalue weighted by Gasteiger charge is 2.42. The van der Waals surface area contributed by atoms with Gasteiger partial charge in [0, 0.05) is 26.2 Å². The van der Waals surface area contributed by atoms with Crippen LogP contribution in [-0.4, -0.2) is 36.0 Å². The van der Waals surface area contributed by atoms with Gasteiger partial charge in [0.1, 0.15) is 0 Å². The number of alkyl halides is 6. The van der Waals surface area contributed by atoms with Crippen LogP contribution < -0.4 is 0 Å². The van der Waals surface area contributed by atoms with Crippen molar-refractivity contribution in [1.29, 1.82) is 0 Å². The van der Waals surface area contributed by atoms with Gasteiger partial charge >= 0.3 is 12.4 Å². The van der Waals surface area contributed by atoms with Crippen molar-refractivity contribution >= 4 is 0 Å². The van der Waals surface area contributed by atoms with Crippen molar-refractivity contribution in [3.05, 3.63) is 70.8 Å². The fraction of sp³-hybridized carbons (Fsp3) is 0.400. The molecule has 0 N–H and O–H groups in total. The lowest BCUT2D eigenvalue weighted by Gasteiger charge is -2.53. The summed E-state index contributed by atoms with van der Waals surface area (Å²) in [6, 6.07) is 9.80. The van der Waals surface area contributed by atoms with E-state index in [0.717, 1.165) is 61.6 Å². The van der Waals surface area contributed by atoms with Gasteiger partial charge in [0.2, 0.25) is 0 Å². The van der Waals surface area contributed by atoms with Crippen LogP contribution in [0.15, 0.2) is 48.5 Å². The number of rotatable bonds is 2. The molecule has 3 saturated heterocycles. The van der Waals surface area contributed by atoms with Crippen LogP contribution in [0.5, 0.6) is 0 Å². The molecule has 2 nitrogen and oxygen atoms in total. The number of fused-ring (bicyclic) bond motifs is 3. The van der Waals surface area contributed by atoms with E-state index < -0.39 is 23.5 Å². The normalized spacial score (nSPS) is 27.8. The largest absolute Gasteiger partial charge is 0.416 e. The van der Waals surface area contributed by atoms with Crippen LogP contribution >= 0.6 is 0 Å². The molecule has 2 unspecified atom stereocenters. The zero-order valence-electron chi connectivity index (χ0n) is 14.8. The number of halogens is 6. The van der Waals surface area contributed by atoms with Crippen molar-refractivity contribution in [3.8, 4) is 0 Å². The molecule has 3 heterocycles. The quantitative estimate of drug-likeness (QED) is 0.645. The maximum atomic E-state index is 12.9. The monoisotopic (exact) mass is 400 g/mol. The van der Waals surface area contributed by atoms with Gasteiger partial charge in [0.15, 0.2) is 0 Å². The summed E-state index contributed by atoms with van der Waals surface area (Å²) in [6.07, 6.45) is -8.80. The molecule has 2 aromatic carbocycles. The Morgan fingerprint density at radius 2 is 0.821 bits per heavy atom. The second-order valence-electron chi connectivity index (χ2n) is 7.20. The summed E-state index contributed by atoms with van der Waals surface area (Å²) >= 11 is 0. The van der Waals surface area contributed by atoms with Crippen LogP contribution in [0.4, 0.5) is 26.3 Å². The topological polar surface area (TPSA) is 6.48 Å². The smallest absolute Gasteiger partial charge is 0.292 e. The Balaban J connectivity index is 1.68. The summed E-state index contributed by atoms with van der Waals surface area (Å²) in [5, 5.41) is 0. The predicted octanol–water partition coefficient (Wildman–Crippen LogP) is 5.14. The molecule has 2 atom stereocenters. The maximum absolute atomic E-state index is 12.9. The molecule has 28 heavy (non-hydrogen) atoms. The zero-order valence-corrected chi connectivity index (χ0v) is 14.8. The molecule has 0 aromatic heterocycles. The van der Waals surface area contributed by atoms with E-state index >= 15 is 0 Å². The predicted molar refractivity (Wildman–Crippen MR) is 91.5 cm³/mol. The van der Waals surface area contributed by atoms with E-state index in [2.05, 4.69) is 9.80 Å². The first-order valence-corrected chi connectivity index (χ1v) is 8.97. The van der Waals surface area contributed by atoms with E-state index in [4.69, 9.17) is 0 Å². The first-order chi connectivity index (χ1) is 13.1. The first kappa shape index (κ1) is 19.3. The number of nitrogens with zero attached hydrogens (tertiary/aromatic N) is 2. The molecule has 2 aromatic rings. The van der Waals surface area contributed by atoms with Gasteiger partial charge in [-0.15, -0.1) is 0 Å². The van der Waals surface area contributed by atoms with Gasteiger partial charge in [-0.2, -0.15) is 26.3 Å². The zero-order chi connectivity index (χ0) is 20.1. The van der Waals surface area contributed by atoms with E-state index in [1.165, 1.54) is 24.3 Å². The Morgan fingerprint density at radius 3 is 1.07 bits per heavy atom. The van der Waals surface area contributed by atoms with Crippen molar-refractivity contribution in [3.63, 3.8) is 0 Å². The third-order valence-corrected chi connectivity index (χ3v) is 5.59. The van der Waals surface area contributed by atoms with Crippen molar-refractivity contribution in [2.45, 2.75) is 24.4 Å². The third-order valence-electron chi connectivity index (χ3n) is 5.59.